The Labute approximate surface area is 202 Å². The molecule has 1 N–H and O–H groups in total. The van der Waals surface area contributed by atoms with Crippen LogP contribution in [0, 0.1) is 13.8 Å². The van der Waals surface area contributed by atoms with Gasteiger partial charge in [-0.2, -0.15) is 0 Å². The van der Waals surface area contributed by atoms with Crippen LogP contribution in [-0.4, -0.2) is 65.2 Å². The normalized spacial score (nSPS) is 14.8. The molecule has 1 aromatic heterocycles. The SMILES string of the molecule is CCN1CCN(CCOc2ccc(Nc3nc(-c4cccc(C)c4C)cn(C)c3=O)cc2)CC1. The molecule has 0 aliphatic carbocycles. The molecule has 7 nitrogen and oxygen atoms in total. The minimum absolute atomic E-state index is 0.169. The van der Waals surface area contributed by atoms with Crippen molar-refractivity contribution in [3.63, 3.8) is 0 Å². The molecule has 3 aromatic rings. The lowest BCUT2D eigenvalue weighted by Crippen LogP contribution is -2.47. The zero-order valence-electron chi connectivity index (χ0n) is 20.7. The van der Waals surface area contributed by atoms with Gasteiger partial charge in [0.05, 0.1) is 5.69 Å². The second-order valence-corrected chi connectivity index (χ2v) is 8.91. The second kappa shape index (κ2) is 10.8. The van der Waals surface area contributed by atoms with Crippen molar-refractivity contribution in [1.29, 1.82) is 0 Å². The van der Waals surface area contributed by atoms with Gasteiger partial charge in [0, 0.05) is 57.2 Å². The first kappa shape index (κ1) is 24.0. The fourth-order valence-electron chi connectivity index (χ4n) is 4.24. The van der Waals surface area contributed by atoms with Crippen LogP contribution in [0.2, 0.25) is 0 Å². The molecule has 2 heterocycles. The zero-order chi connectivity index (χ0) is 24.1. The minimum Gasteiger partial charge on any atom is -0.492 e. The van der Waals surface area contributed by atoms with E-state index in [9.17, 15) is 4.79 Å². The molecule has 0 spiro atoms. The summed E-state index contributed by atoms with van der Waals surface area (Å²) in [6, 6.07) is 13.8. The minimum atomic E-state index is -0.169. The summed E-state index contributed by atoms with van der Waals surface area (Å²) in [5.74, 6) is 1.13. The number of anilines is 2. The van der Waals surface area contributed by atoms with Gasteiger partial charge in [0.15, 0.2) is 5.82 Å². The van der Waals surface area contributed by atoms with Gasteiger partial charge < -0.3 is 19.5 Å². The third-order valence-electron chi connectivity index (χ3n) is 6.66. The van der Waals surface area contributed by atoms with Gasteiger partial charge in [-0.25, -0.2) is 4.98 Å². The lowest BCUT2D eigenvalue weighted by atomic mass is 10.0. The van der Waals surface area contributed by atoms with Crippen LogP contribution in [0.1, 0.15) is 18.1 Å². The maximum absolute atomic E-state index is 12.7. The predicted octanol–water partition coefficient (Wildman–Crippen LogP) is 3.82. The number of likely N-dealkylation sites (N-methyl/N-ethyl adjacent to an activating group) is 1. The van der Waals surface area contributed by atoms with Crippen molar-refractivity contribution < 1.29 is 4.74 Å². The van der Waals surface area contributed by atoms with Gasteiger partial charge in [-0.1, -0.05) is 25.1 Å². The number of piperazine rings is 1. The molecule has 1 saturated heterocycles. The highest BCUT2D eigenvalue weighted by molar-refractivity contribution is 5.67. The summed E-state index contributed by atoms with van der Waals surface area (Å²) in [5.41, 5.74) is 4.78. The zero-order valence-corrected chi connectivity index (χ0v) is 20.7. The van der Waals surface area contributed by atoms with E-state index in [0.717, 1.165) is 67.5 Å². The quantitative estimate of drug-likeness (QED) is 0.550. The molecule has 1 fully saturated rings. The van der Waals surface area contributed by atoms with Crippen LogP contribution >= 0.6 is 0 Å². The Morgan fingerprint density at radius 2 is 1.71 bits per heavy atom. The third-order valence-corrected chi connectivity index (χ3v) is 6.66. The lowest BCUT2D eigenvalue weighted by Gasteiger charge is -2.33. The largest absolute Gasteiger partial charge is 0.492 e. The smallest absolute Gasteiger partial charge is 0.293 e. The van der Waals surface area contributed by atoms with Crippen LogP contribution in [0.3, 0.4) is 0 Å². The van der Waals surface area contributed by atoms with Gasteiger partial charge in [0.25, 0.3) is 5.56 Å². The summed E-state index contributed by atoms with van der Waals surface area (Å²) < 4.78 is 7.52. The fraction of sp³-hybridized carbons (Fsp3) is 0.407. The van der Waals surface area contributed by atoms with E-state index >= 15 is 0 Å². The molecule has 180 valence electrons. The molecule has 0 unspecified atom stereocenters. The first-order valence-electron chi connectivity index (χ1n) is 12.0. The van der Waals surface area contributed by atoms with E-state index in [-0.39, 0.29) is 5.56 Å². The Bertz CT molecular complexity index is 1160. The first-order valence-corrected chi connectivity index (χ1v) is 12.0. The maximum atomic E-state index is 12.7. The monoisotopic (exact) mass is 461 g/mol. The molecule has 0 bridgehead atoms. The average molecular weight is 462 g/mol. The van der Waals surface area contributed by atoms with Crippen molar-refractivity contribution in [2.45, 2.75) is 20.8 Å². The first-order chi connectivity index (χ1) is 16.4. The van der Waals surface area contributed by atoms with Gasteiger partial charge in [-0.3, -0.25) is 9.69 Å². The van der Waals surface area contributed by atoms with E-state index in [1.54, 1.807) is 17.8 Å². The van der Waals surface area contributed by atoms with Crippen LogP contribution in [0.15, 0.2) is 53.5 Å². The van der Waals surface area contributed by atoms with Gasteiger partial charge >= 0.3 is 0 Å². The summed E-state index contributed by atoms with van der Waals surface area (Å²) in [4.78, 5) is 22.3. The van der Waals surface area contributed by atoms with Crippen LogP contribution in [0.4, 0.5) is 11.5 Å². The standard InChI is InChI=1S/C27H35N5O2/c1-5-31-13-15-32(16-14-31)17-18-34-23-11-9-22(10-12-23)28-26-27(33)30(4)19-25(29-26)24-8-6-7-20(2)21(24)3/h6-12,19H,5,13-18H2,1-4H3,(H,28,29). The van der Waals surface area contributed by atoms with Crippen molar-refractivity contribution in [2.75, 3.05) is 51.2 Å². The van der Waals surface area contributed by atoms with E-state index < -0.39 is 0 Å². The number of hydrogen-bond acceptors (Lipinski definition) is 6. The van der Waals surface area contributed by atoms with Crippen molar-refractivity contribution in [3.8, 4) is 17.0 Å². The highest BCUT2D eigenvalue weighted by atomic mass is 16.5. The average Bonchev–Trinajstić information content (AvgIpc) is 2.85. The molecule has 1 aliphatic rings. The van der Waals surface area contributed by atoms with E-state index in [4.69, 9.17) is 4.74 Å². The topological polar surface area (TPSA) is 62.6 Å². The van der Waals surface area contributed by atoms with Gasteiger partial charge in [-0.05, 0) is 55.8 Å². The Hall–Kier alpha value is -3.16. The lowest BCUT2D eigenvalue weighted by molar-refractivity contribution is 0.121. The number of nitrogens with one attached hydrogen (secondary N) is 1. The van der Waals surface area contributed by atoms with Crippen molar-refractivity contribution in [3.05, 3.63) is 70.1 Å². The number of aromatic nitrogens is 2. The van der Waals surface area contributed by atoms with Crippen LogP contribution in [-0.2, 0) is 7.05 Å². The molecule has 0 saturated carbocycles. The van der Waals surface area contributed by atoms with Gasteiger partial charge in [0.2, 0.25) is 0 Å². The molecule has 1 aliphatic heterocycles. The molecular weight excluding hydrogens is 426 g/mol. The van der Waals surface area contributed by atoms with Crippen molar-refractivity contribution in [1.82, 2.24) is 19.4 Å². The number of aryl methyl sites for hydroxylation is 2. The Morgan fingerprint density at radius 3 is 2.41 bits per heavy atom. The summed E-state index contributed by atoms with van der Waals surface area (Å²) >= 11 is 0. The van der Waals surface area contributed by atoms with E-state index in [0.29, 0.717) is 12.4 Å². The van der Waals surface area contributed by atoms with Crippen LogP contribution < -0.4 is 15.6 Å². The highest BCUT2D eigenvalue weighted by Gasteiger charge is 2.15. The molecule has 34 heavy (non-hydrogen) atoms. The highest BCUT2D eigenvalue weighted by Crippen LogP contribution is 2.25. The number of ether oxygens (including phenoxy) is 1. The van der Waals surface area contributed by atoms with E-state index in [1.165, 1.54) is 5.56 Å². The van der Waals surface area contributed by atoms with Crippen LogP contribution in [0.25, 0.3) is 11.3 Å². The van der Waals surface area contributed by atoms with Gasteiger partial charge in [-0.15, -0.1) is 0 Å². The molecule has 0 radical (unpaired) electrons. The molecule has 4 rings (SSSR count). The van der Waals surface area contributed by atoms with Crippen molar-refractivity contribution in [2.24, 2.45) is 7.05 Å². The Kier molecular flexibility index (Phi) is 7.65. The number of hydrogen-bond donors (Lipinski definition) is 1. The number of rotatable bonds is 8. The molecule has 7 heteroatoms. The van der Waals surface area contributed by atoms with Crippen molar-refractivity contribution >= 4 is 11.5 Å². The Morgan fingerprint density at radius 1 is 1.00 bits per heavy atom. The van der Waals surface area contributed by atoms with Crippen LogP contribution in [0.5, 0.6) is 5.75 Å². The summed E-state index contributed by atoms with van der Waals surface area (Å²) in [6.45, 7) is 13.6. The van der Waals surface area contributed by atoms with E-state index in [2.05, 4.69) is 46.9 Å². The summed E-state index contributed by atoms with van der Waals surface area (Å²) in [5, 5.41) is 3.19. The number of benzene rings is 2. The van der Waals surface area contributed by atoms with E-state index in [1.807, 2.05) is 36.4 Å². The molecule has 0 amide bonds. The van der Waals surface area contributed by atoms with Gasteiger partial charge in [0.1, 0.15) is 12.4 Å². The molecule has 2 aromatic carbocycles. The third kappa shape index (κ3) is 5.66. The Balaban J connectivity index is 1.39. The predicted molar refractivity (Wildman–Crippen MR) is 138 cm³/mol. The molecule has 0 atom stereocenters. The fourth-order valence-corrected chi connectivity index (χ4v) is 4.24. The number of nitrogens with zero attached hydrogens (tertiary/aromatic N) is 4. The summed E-state index contributed by atoms with van der Waals surface area (Å²) in [6.07, 6.45) is 1.79. The maximum Gasteiger partial charge on any atom is 0.293 e. The summed E-state index contributed by atoms with van der Waals surface area (Å²) in [7, 11) is 1.75. The second-order valence-electron chi connectivity index (χ2n) is 8.91. The molecular formula is C27H35N5O2.